The Hall–Kier alpha value is -3.04. The molecule has 0 aliphatic carbocycles. The summed E-state index contributed by atoms with van der Waals surface area (Å²) in [7, 11) is 0. The molecule has 10 heteroatoms. The van der Waals surface area contributed by atoms with Gasteiger partial charge in [0.25, 0.3) is 5.91 Å². The van der Waals surface area contributed by atoms with E-state index in [-0.39, 0.29) is 6.07 Å². The topological polar surface area (TPSA) is 72.2 Å². The molecule has 2 aromatic carbocycles. The summed E-state index contributed by atoms with van der Waals surface area (Å²) < 4.78 is 66.2. The van der Waals surface area contributed by atoms with Gasteiger partial charge in [0.1, 0.15) is 11.6 Å². The van der Waals surface area contributed by atoms with E-state index in [4.69, 9.17) is 0 Å². The van der Waals surface area contributed by atoms with Crippen molar-refractivity contribution in [3.63, 3.8) is 0 Å². The number of nitro groups is 1. The molecule has 0 bridgehead atoms. The number of nitrogens with zero attached hydrogens (tertiary/aromatic N) is 1. The zero-order valence-electron chi connectivity index (χ0n) is 10.9. The summed E-state index contributed by atoms with van der Waals surface area (Å²) in [6.45, 7) is 0. The van der Waals surface area contributed by atoms with Crippen LogP contribution in [0.4, 0.5) is 33.3 Å². The number of anilines is 1. The monoisotopic (exact) mass is 332 g/mol. The number of benzene rings is 2. The van der Waals surface area contributed by atoms with Crippen LogP contribution in [0, 0.1) is 39.2 Å². The van der Waals surface area contributed by atoms with Gasteiger partial charge in [-0.2, -0.15) is 4.39 Å². The Labute approximate surface area is 124 Å². The molecule has 0 aliphatic heterocycles. The van der Waals surface area contributed by atoms with E-state index in [0.717, 1.165) is 12.1 Å². The molecular weight excluding hydrogens is 327 g/mol. The standard InChI is InChI=1S/C13H5F5N2O3/c14-5-1-2-8(7(15)3-5)19-13(21)6-4-9(20(22)23)11(17)12(18)10(6)16/h1-4H,(H,19,21). The van der Waals surface area contributed by atoms with Gasteiger partial charge in [0.2, 0.25) is 11.6 Å². The molecule has 1 N–H and O–H groups in total. The smallest absolute Gasteiger partial charge is 0.308 e. The molecule has 1 amide bonds. The van der Waals surface area contributed by atoms with Crippen molar-refractivity contribution in [2.24, 2.45) is 0 Å². The number of rotatable bonds is 3. The van der Waals surface area contributed by atoms with Gasteiger partial charge in [-0.25, -0.2) is 17.6 Å². The minimum Gasteiger partial charge on any atom is -0.319 e. The number of hydrogen-bond donors (Lipinski definition) is 1. The number of halogens is 5. The van der Waals surface area contributed by atoms with Gasteiger partial charge in [0.05, 0.1) is 16.2 Å². The maximum atomic E-state index is 13.6. The van der Waals surface area contributed by atoms with Crippen LogP contribution < -0.4 is 5.32 Å². The molecule has 2 rings (SSSR count). The van der Waals surface area contributed by atoms with Crippen molar-refractivity contribution >= 4 is 17.3 Å². The van der Waals surface area contributed by atoms with E-state index in [1.807, 2.05) is 0 Å². The first kappa shape index (κ1) is 16.3. The Kier molecular flexibility index (Phi) is 4.25. The molecular formula is C13H5F5N2O3. The highest BCUT2D eigenvalue weighted by Gasteiger charge is 2.28. The lowest BCUT2D eigenvalue weighted by atomic mass is 10.1. The van der Waals surface area contributed by atoms with Crippen LogP contribution in [-0.4, -0.2) is 10.8 Å². The molecule has 0 aliphatic rings. The Morgan fingerprint density at radius 1 is 1.00 bits per heavy atom. The SMILES string of the molecule is O=C(Nc1ccc(F)cc1F)c1cc([N+](=O)[O-])c(F)c(F)c1F. The van der Waals surface area contributed by atoms with Gasteiger partial charge in [0.15, 0.2) is 5.82 Å². The first-order valence-corrected chi connectivity index (χ1v) is 5.80. The zero-order valence-corrected chi connectivity index (χ0v) is 10.9. The van der Waals surface area contributed by atoms with E-state index < -0.39 is 56.9 Å². The Balaban J connectivity index is 2.45. The average Bonchev–Trinajstić information content (AvgIpc) is 2.47. The Morgan fingerprint density at radius 2 is 1.65 bits per heavy atom. The van der Waals surface area contributed by atoms with Gasteiger partial charge < -0.3 is 5.32 Å². The maximum absolute atomic E-state index is 13.6. The van der Waals surface area contributed by atoms with E-state index in [9.17, 15) is 36.9 Å². The quantitative estimate of drug-likeness (QED) is 0.404. The average molecular weight is 332 g/mol. The summed E-state index contributed by atoms with van der Waals surface area (Å²) in [5.74, 6) is -9.91. The van der Waals surface area contributed by atoms with Crippen LogP contribution in [0.2, 0.25) is 0 Å². The third-order valence-electron chi connectivity index (χ3n) is 2.75. The third-order valence-corrected chi connectivity index (χ3v) is 2.75. The van der Waals surface area contributed by atoms with Gasteiger partial charge in [0, 0.05) is 12.1 Å². The van der Waals surface area contributed by atoms with Crippen molar-refractivity contribution in [2.45, 2.75) is 0 Å². The molecule has 0 saturated carbocycles. The number of hydrogen-bond acceptors (Lipinski definition) is 3. The van der Waals surface area contributed by atoms with Crippen LogP contribution in [0.25, 0.3) is 0 Å². The van der Waals surface area contributed by atoms with E-state index in [0.29, 0.717) is 6.07 Å². The molecule has 0 saturated heterocycles. The molecule has 120 valence electrons. The molecule has 0 unspecified atom stereocenters. The zero-order chi connectivity index (χ0) is 17.3. The van der Waals surface area contributed by atoms with E-state index in [2.05, 4.69) is 0 Å². The van der Waals surface area contributed by atoms with Crippen LogP contribution in [0.15, 0.2) is 24.3 Å². The first-order valence-electron chi connectivity index (χ1n) is 5.80. The van der Waals surface area contributed by atoms with Crippen molar-refractivity contribution in [3.05, 3.63) is 69.0 Å². The summed E-state index contributed by atoms with van der Waals surface area (Å²) in [4.78, 5) is 21.0. The van der Waals surface area contributed by atoms with Crippen LogP contribution in [0.3, 0.4) is 0 Å². The summed E-state index contributed by atoms with van der Waals surface area (Å²) in [6.07, 6.45) is 0. The van der Waals surface area contributed by atoms with Gasteiger partial charge in [-0.15, -0.1) is 0 Å². The molecule has 0 fully saturated rings. The summed E-state index contributed by atoms with van der Waals surface area (Å²) in [5, 5.41) is 12.3. The summed E-state index contributed by atoms with van der Waals surface area (Å²) in [5.41, 5.74) is -3.25. The molecule has 0 spiro atoms. The van der Waals surface area contributed by atoms with Crippen LogP contribution in [0.1, 0.15) is 10.4 Å². The Morgan fingerprint density at radius 3 is 2.22 bits per heavy atom. The second-order valence-electron chi connectivity index (χ2n) is 4.22. The van der Waals surface area contributed by atoms with Crippen molar-refractivity contribution in [3.8, 4) is 0 Å². The normalized spacial score (nSPS) is 10.5. The van der Waals surface area contributed by atoms with Gasteiger partial charge in [-0.1, -0.05) is 0 Å². The predicted molar refractivity (Wildman–Crippen MR) is 67.3 cm³/mol. The molecule has 0 aromatic heterocycles. The lowest BCUT2D eigenvalue weighted by Crippen LogP contribution is -2.17. The van der Waals surface area contributed by atoms with Crippen molar-refractivity contribution < 1.29 is 31.7 Å². The molecule has 2 aromatic rings. The fourth-order valence-corrected chi connectivity index (χ4v) is 1.67. The van der Waals surface area contributed by atoms with Crippen LogP contribution in [-0.2, 0) is 0 Å². The number of carbonyl (C=O) groups is 1. The number of nitro benzene ring substituents is 1. The highest BCUT2D eigenvalue weighted by atomic mass is 19.2. The molecule has 0 atom stereocenters. The van der Waals surface area contributed by atoms with Crippen molar-refractivity contribution in [2.75, 3.05) is 5.32 Å². The summed E-state index contributed by atoms with van der Waals surface area (Å²) >= 11 is 0. The number of amides is 1. The fraction of sp³-hybridized carbons (Fsp3) is 0. The predicted octanol–water partition coefficient (Wildman–Crippen LogP) is 3.54. The Bertz CT molecular complexity index is 826. The second-order valence-corrected chi connectivity index (χ2v) is 4.22. The lowest BCUT2D eigenvalue weighted by Gasteiger charge is -2.08. The highest BCUT2D eigenvalue weighted by molar-refractivity contribution is 6.05. The highest BCUT2D eigenvalue weighted by Crippen LogP contribution is 2.26. The second kappa shape index (κ2) is 5.99. The first-order chi connectivity index (χ1) is 10.7. The van der Waals surface area contributed by atoms with Crippen molar-refractivity contribution in [1.29, 1.82) is 0 Å². The van der Waals surface area contributed by atoms with E-state index in [1.165, 1.54) is 0 Å². The molecule has 23 heavy (non-hydrogen) atoms. The molecule has 0 radical (unpaired) electrons. The third kappa shape index (κ3) is 3.10. The van der Waals surface area contributed by atoms with E-state index >= 15 is 0 Å². The number of nitrogens with one attached hydrogen (secondary N) is 1. The van der Waals surface area contributed by atoms with Gasteiger partial charge in [-0.05, 0) is 12.1 Å². The lowest BCUT2D eigenvalue weighted by molar-refractivity contribution is -0.387. The minimum atomic E-state index is -2.22. The number of carbonyl (C=O) groups excluding carboxylic acids is 1. The largest absolute Gasteiger partial charge is 0.319 e. The molecule has 0 heterocycles. The van der Waals surface area contributed by atoms with Crippen LogP contribution in [0.5, 0.6) is 0 Å². The van der Waals surface area contributed by atoms with Gasteiger partial charge in [-0.3, -0.25) is 14.9 Å². The fourth-order valence-electron chi connectivity index (χ4n) is 1.67. The van der Waals surface area contributed by atoms with Crippen molar-refractivity contribution in [1.82, 2.24) is 0 Å². The maximum Gasteiger partial charge on any atom is 0.308 e. The van der Waals surface area contributed by atoms with Gasteiger partial charge >= 0.3 is 5.69 Å². The summed E-state index contributed by atoms with van der Waals surface area (Å²) in [6, 6.07) is 2.17. The molecule has 5 nitrogen and oxygen atoms in total. The van der Waals surface area contributed by atoms with E-state index in [1.54, 1.807) is 5.32 Å². The minimum absolute atomic E-state index is 0.171. The van der Waals surface area contributed by atoms with Crippen LogP contribution >= 0.6 is 0 Å².